The van der Waals surface area contributed by atoms with Crippen LogP contribution in [0.5, 0.6) is 11.5 Å². The maximum Gasteiger partial charge on any atom is 0.338 e. The summed E-state index contributed by atoms with van der Waals surface area (Å²) in [4.78, 5) is 23.8. The molecule has 6 nitrogen and oxygen atoms in total. The van der Waals surface area contributed by atoms with E-state index in [4.69, 9.17) is 9.47 Å². The van der Waals surface area contributed by atoms with Crippen molar-refractivity contribution in [1.82, 2.24) is 0 Å². The molecule has 0 spiro atoms. The monoisotopic (exact) mass is 500 g/mol. The first-order chi connectivity index (χ1) is 12.9. The van der Waals surface area contributed by atoms with Crippen LogP contribution in [-0.2, 0) is 9.47 Å². The molecule has 0 heterocycles. The molecular formula is C19H18Br2O6. The topological polar surface area (TPSA) is 93.1 Å². The fourth-order valence-electron chi connectivity index (χ4n) is 2.15. The molecule has 144 valence electrons. The number of carbonyl (C=O) groups excluding carboxylic acids is 2. The summed E-state index contributed by atoms with van der Waals surface area (Å²) in [6.07, 6.45) is 2.03. The van der Waals surface area contributed by atoms with E-state index in [2.05, 4.69) is 31.9 Å². The summed E-state index contributed by atoms with van der Waals surface area (Å²) in [5.74, 6) is -0.804. The largest absolute Gasteiger partial charge is 0.507 e. The van der Waals surface area contributed by atoms with Crippen LogP contribution in [0.3, 0.4) is 0 Å². The minimum Gasteiger partial charge on any atom is -0.507 e. The van der Waals surface area contributed by atoms with E-state index < -0.39 is 11.9 Å². The lowest BCUT2D eigenvalue weighted by Gasteiger charge is -2.07. The van der Waals surface area contributed by atoms with Gasteiger partial charge in [-0.3, -0.25) is 0 Å². The van der Waals surface area contributed by atoms with Crippen LogP contribution in [0, 0.1) is 0 Å². The van der Waals surface area contributed by atoms with Gasteiger partial charge < -0.3 is 19.7 Å². The maximum atomic E-state index is 11.9. The second-order valence-corrected chi connectivity index (χ2v) is 7.37. The van der Waals surface area contributed by atoms with Gasteiger partial charge in [-0.25, -0.2) is 9.59 Å². The number of phenols is 2. The van der Waals surface area contributed by atoms with Gasteiger partial charge in [0.25, 0.3) is 0 Å². The van der Waals surface area contributed by atoms with Gasteiger partial charge in [-0.1, -0.05) is 0 Å². The molecule has 0 aliphatic heterocycles. The first-order valence-electron chi connectivity index (χ1n) is 8.20. The van der Waals surface area contributed by atoms with Crippen molar-refractivity contribution < 1.29 is 29.3 Å². The minimum atomic E-state index is -0.458. The highest BCUT2D eigenvalue weighted by Gasteiger charge is 2.10. The van der Waals surface area contributed by atoms with Crippen LogP contribution < -0.4 is 0 Å². The highest BCUT2D eigenvalue weighted by molar-refractivity contribution is 9.10. The van der Waals surface area contributed by atoms with E-state index in [-0.39, 0.29) is 24.7 Å². The van der Waals surface area contributed by atoms with E-state index in [0.29, 0.717) is 32.9 Å². The zero-order valence-electron chi connectivity index (χ0n) is 14.3. The normalized spacial score (nSPS) is 10.4. The number of hydrogen-bond donors (Lipinski definition) is 2. The van der Waals surface area contributed by atoms with E-state index in [1.54, 1.807) is 0 Å². The lowest BCUT2D eigenvalue weighted by atomic mass is 10.2. The van der Waals surface area contributed by atoms with Crippen LogP contribution in [0.15, 0.2) is 45.3 Å². The zero-order valence-corrected chi connectivity index (χ0v) is 17.5. The number of hydrogen-bond acceptors (Lipinski definition) is 6. The van der Waals surface area contributed by atoms with Crippen molar-refractivity contribution >= 4 is 43.8 Å². The molecule has 0 atom stereocenters. The van der Waals surface area contributed by atoms with Crippen LogP contribution in [-0.4, -0.2) is 35.4 Å². The summed E-state index contributed by atoms with van der Waals surface area (Å²) in [7, 11) is 0. The van der Waals surface area contributed by atoms with Crippen LogP contribution in [0.1, 0.15) is 40.0 Å². The highest BCUT2D eigenvalue weighted by atomic mass is 79.9. The molecule has 0 saturated carbocycles. The summed E-state index contributed by atoms with van der Waals surface area (Å²) in [5, 5.41) is 18.8. The van der Waals surface area contributed by atoms with Crippen molar-refractivity contribution in [3.8, 4) is 11.5 Å². The van der Waals surface area contributed by atoms with Crippen LogP contribution in [0.2, 0.25) is 0 Å². The van der Waals surface area contributed by atoms with E-state index in [0.717, 1.165) is 6.42 Å². The predicted molar refractivity (Wildman–Crippen MR) is 106 cm³/mol. The number of phenolic OH excluding ortho intramolecular Hbond substituents is 2. The number of ether oxygens (including phenoxy) is 2. The Morgan fingerprint density at radius 3 is 1.52 bits per heavy atom. The molecule has 2 rings (SSSR count). The van der Waals surface area contributed by atoms with Crippen LogP contribution in [0.4, 0.5) is 0 Å². The molecule has 2 N–H and O–H groups in total. The van der Waals surface area contributed by atoms with Gasteiger partial charge in [-0.05, 0) is 87.5 Å². The fourth-order valence-corrected chi connectivity index (χ4v) is 2.90. The van der Waals surface area contributed by atoms with Gasteiger partial charge in [0, 0.05) is 0 Å². The van der Waals surface area contributed by atoms with E-state index in [9.17, 15) is 19.8 Å². The molecular weight excluding hydrogens is 484 g/mol. The van der Waals surface area contributed by atoms with Crippen molar-refractivity contribution in [2.45, 2.75) is 19.3 Å². The molecule has 27 heavy (non-hydrogen) atoms. The zero-order chi connectivity index (χ0) is 19.8. The van der Waals surface area contributed by atoms with Crippen LogP contribution in [0.25, 0.3) is 0 Å². The highest BCUT2D eigenvalue weighted by Crippen LogP contribution is 2.25. The number of unbranched alkanes of at least 4 members (excludes halogenated alkanes) is 2. The SMILES string of the molecule is O=C(OCCCCCOC(=O)c1ccc(O)c(Br)c1)c1ccc(O)c(Br)c1. The lowest BCUT2D eigenvalue weighted by molar-refractivity contribution is 0.0478. The molecule has 8 heteroatoms. The van der Waals surface area contributed by atoms with Crippen LogP contribution >= 0.6 is 31.9 Å². The van der Waals surface area contributed by atoms with E-state index in [1.807, 2.05) is 0 Å². The Morgan fingerprint density at radius 2 is 1.15 bits per heavy atom. The Hall–Kier alpha value is -2.06. The predicted octanol–water partition coefficient (Wildman–Crippen LogP) is 4.81. The summed E-state index contributed by atoms with van der Waals surface area (Å²) in [5.41, 5.74) is 0.710. The molecule has 0 radical (unpaired) electrons. The maximum absolute atomic E-state index is 11.9. The Bertz CT molecular complexity index is 754. The lowest BCUT2D eigenvalue weighted by Crippen LogP contribution is -2.08. The third-order valence-corrected chi connectivity index (χ3v) is 4.89. The number of halogens is 2. The van der Waals surface area contributed by atoms with Gasteiger partial charge in [0.1, 0.15) is 11.5 Å². The van der Waals surface area contributed by atoms with E-state index >= 15 is 0 Å². The summed E-state index contributed by atoms with van der Waals surface area (Å²) in [6, 6.07) is 8.81. The quantitative estimate of drug-likeness (QED) is 0.398. The second-order valence-electron chi connectivity index (χ2n) is 5.66. The molecule has 0 aliphatic carbocycles. The molecule has 0 aromatic heterocycles. The van der Waals surface area contributed by atoms with Crippen molar-refractivity contribution in [2.75, 3.05) is 13.2 Å². The van der Waals surface area contributed by atoms with Crippen molar-refractivity contribution in [3.63, 3.8) is 0 Å². The average Bonchev–Trinajstić information content (AvgIpc) is 2.65. The summed E-state index contributed by atoms with van der Waals surface area (Å²) < 4.78 is 11.2. The molecule has 0 aliphatic rings. The number of carbonyl (C=O) groups is 2. The second kappa shape index (κ2) is 10.3. The Balaban J connectivity index is 1.61. The Labute approximate surface area is 173 Å². The number of rotatable bonds is 8. The minimum absolute atomic E-state index is 0.0563. The Kier molecular flexibility index (Phi) is 8.12. The first kappa shape index (κ1) is 21.2. The third kappa shape index (κ3) is 6.55. The number of esters is 2. The standard InChI is InChI=1S/C19H18Br2O6/c20-14-10-12(4-6-16(14)22)18(24)26-8-2-1-3-9-27-19(25)13-5-7-17(23)15(21)11-13/h4-7,10-11,22-23H,1-3,8-9H2. The van der Waals surface area contributed by atoms with Gasteiger partial charge in [-0.2, -0.15) is 0 Å². The van der Waals surface area contributed by atoms with E-state index in [1.165, 1.54) is 36.4 Å². The summed E-state index contributed by atoms with van der Waals surface area (Å²) in [6.45, 7) is 0.520. The average molecular weight is 502 g/mol. The van der Waals surface area contributed by atoms with Crippen molar-refractivity contribution in [1.29, 1.82) is 0 Å². The van der Waals surface area contributed by atoms with Gasteiger partial charge in [-0.15, -0.1) is 0 Å². The number of aromatic hydroxyl groups is 2. The molecule has 2 aromatic carbocycles. The van der Waals surface area contributed by atoms with Gasteiger partial charge >= 0.3 is 11.9 Å². The van der Waals surface area contributed by atoms with Crippen molar-refractivity contribution in [2.24, 2.45) is 0 Å². The smallest absolute Gasteiger partial charge is 0.338 e. The molecule has 0 bridgehead atoms. The molecule has 0 saturated heterocycles. The molecule has 0 unspecified atom stereocenters. The molecule has 0 amide bonds. The van der Waals surface area contributed by atoms with Gasteiger partial charge in [0.05, 0.1) is 33.3 Å². The number of benzene rings is 2. The third-order valence-electron chi connectivity index (χ3n) is 3.62. The van der Waals surface area contributed by atoms with Gasteiger partial charge in [0.15, 0.2) is 0 Å². The van der Waals surface area contributed by atoms with Gasteiger partial charge in [0.2, 0.25) is 0 Å². The fraction of sp³-hybridized carbons (Fsp3) is 0.263. The molecule has 0 fully saturated rings. The molecule has 2 aromatic rings. The Morgan fingerprint density at radius 1 is 0.741 bits per heavy atom. The first-order valence-corrected chi connectivity index (χ1v) is 9.78. The summed E-state index contributed by atoms with van der Waals surface area (Å²) >= 11 is 6.29. The van der Waals surface area contributed by atoms with Crippen molar-refractivity contribution in [3.05, 3.63) is 56.5 Å².